The molecule has 0 amide bonds. The van der Waals surface area contributed by atoms with Gasteiger partial charge in [0.1, 0.15) is 4.70 Å². The third kappa shape index (κ3) is 2.91. The monoisotopic (exact) mass is 484 g/mol. The van der Waals surface area contributed by atoms with Gasteiger partial charge in [-0.2, -0.15) is 4.57 Å². The minimum absolute atomic E-state index is 0.0354. The molecule has 6 heteroatoms. The number of allylic oxidation sites excluding steroid dienone is 4. The van der Waals surface area contributed by atoms with Crippen LogP contribution >= 0.6 is 23.1 Å². The molecule has 0 N–H and O–H groups in total. The van der Waals surface area contributed by atoms with E-state index in [2.05, 4.69) is 58.0 Å². The molecule has 0 atom stereocenters. The van der Waals surface area contributed by atoms with E-state index in [-0.39, 0.29) is 11.5 Å². The first-order valence-electron chi connectivity index (χ1n) is 12.1. The van der Waals surface area contributed by atoms with Crippen molar-refractivity contribution >= 4 is 50.4 Å². The van der Waals surface area contributed by atoms with Gasteiger partial charge in [0.05, 0.1) is 10.7 Å². The maximum Gasteiger partial charge on any atom is 0.266 e. The van der Waals surface area contributed by atoms with Gasteiger partial charge in [-0.05, 0) is 55.9 Å². The second kappa shape index (κ2) is 7.85. The summed E-state index contributed by atoms with van der Waals surface area (Å²) in [5, 5.41) is 15.9. The fourth-order valence-corrected chi connectivity index (χ4v) is 8.26. The summed E-state index contributed by atoms with van der Waals surface area (Å²) in [6.45, 7) is 1.88. The van der Waals surface area contributed by atoms with E-state index in [4.69, 9.17) is 0 Å². The van der Waals surface area contributed by atoms with Gasteiger partial charge in [0, 0.05) is 40.6 Å². The predicted molar refractivity (Wildman–Crippen MR) is 135 cm³/mol. The molecule has 4 heterocycles. The summed E-state index contributed by atoms with van der Waals surface area (Å²) in [5.41, 5.74) is 5.24. The maximum absolute atomic E-state index is 13.7. The van der Waals surface area contributed by atoms with Crippen molar-refractivity contribution in [1.82, 2.24) is 0 Å². The van der Waals surface area contributed by atoms with Gasteiger partial charge in [-0.15, -0.1) is 0 Å². The molecule has 0 fully saturated rings. The number of benzene rings is 2. The number of ketones is 1. The van der Waals surface area contributed by atoms with Crippen LogP contribution in [-0.4, -0.2) is 12.3 Å². The van der Waals surface area contributed by atoms with Gasteiger partial charge in [-0.25, -0.2) is 0 Å². The standard InChI is InChI=1S/C28H24N2O2S2/c31-25-23(17-9-5-7-15-29-19-11-1-3-13-21(19)33-27(17)29)26(32)24(25)18-10-6-8-16-30-20-12-2-4-14-22(20)34-28(18)30/h1-4,11-14H,5-10,15-16H2. The van der Waals surface area contributed by atoms with Gasteiger partial charge < -0.3 is 10.0 Å². The van der Waals surface area contributed by atoms with Crippen molar-refractivity contribution < 1.29 is 14.5 Å². The molecule has 4 aliphatic rings. The lowest BCUT2D eigenvalue weighted by Gasteiger charge is -2.34. The van der Waals surface area contributed by atoms with Crippen LogP contribution in [0, 0.1) is 0 Å². The molecule has 0 saturated heterocycles. The largest absolute Gasteiger partial charge is 0.871 e. The Morgan fingerprint density at radius 1 is 0.882 bits per heavy atom. The number of aryl methyl sites for hydroxylation is 1. The first kappa shape index (κ1) is 20.5. The number of fused-ring (bicyclic) bond motifs is 6. The second-order valence-electron chi connectivity index (χ2n) is 9.33. The Morgan fingerprint density at radius 2 is 1.68 bits per heavy atom. The van der Waals surface area contributed by atoms with E-state index in [1.807, 2.05) is 0 Å². The molecule has 2 aromatic carbocycles. The molecule has 1 aliphatic carbocycles. The van der Waals surface area contributed by atoms with Crippen molar-refractivity contribution in [3.8, 4) is 0 Å². The molecule has 7 rings (SSSR count). The fraction of sp³-hybridized carbons (Fsp3) is 0.286. The van der Waals surface area contributed by atoms with Gasteiger partial charge in [0.25, 0.3) is 5.01 Å². The number of hydrogen-bond donors (Lipinski definition) is 0. The van der Waals surface area contributed by atoms with Gasteiger partial charge in [-0.1, -0.05) is 53.1 Å². The Kier molecular flexibility index (Phi) is 4.74. The third-order valence-electron chi connectivity index (χ3n) is 7.36. The Labute approximate surface area is 206 Å². The highest BCUT2D eigenvalue weighted by molar-refractivity contribution is 8.03. The molecular weight excluding hydrogens is 460 g/mol. The van der Waals surface area contributed by atoms with Gasteiger partial charge >= 0.3 is 0 Å². The third-order valence-corrected chi connectivity index (χ3v) is 9.81. The van der Waals surface area contributed by atoms with E-state index in [0.717, 1.165) is 72.8 Å². The van der Waals surface area contributed by atoms with E-state index in [9.17, 15) is 9.90 Å². The van der Waals surface area contributed by atoms with Gasteiger partial charge in [-0.3, -0.25) is 4.79 Å². The number of carbonyl (C=O) groups excluding carboxylic acids is 1. The number of Topliss-reactive ketones (excluding diaryl/α,β-unsaturated/α-hetero) is 1. The number of hydrogen-bond acceptors (Lipinski definition) is 5. The summed E-state index contributed by atoms with van der Waals surface area (Å²) >= 11 is 3.43. The normalized spacial score (nSPS) is 22.4. The number of thioether (sulfide) groups is 1. The first-order valence-corrected chi connectivity index (χ1v) is 13.7. The molecule has 1 aromatic heterocycles. The van der Waals surface area contributed by atoms with Crippen LogP contribution < -0.4 is 14.6 Å². The first-order chi connectivity index (χ1) is 16.7. The van der Waals surface area contributed by atoms with Gasteiger partial charge in [0.2, 0.25) is 5.52 Å². The number of nitrogens with zero attached hydrogens (tertiary/aromatic N) is 2. The smallest absolute Gasteiger partial charge is 0.266 e. The van der Waals surface area contributed by atoms with Crippen LogP contribution in [0.5, 0.6) is 0 Å². The molecule has 0 saturated carbocycles. The predicted octanol–water partition coefficient (Wildman–Crippen LogP) is 5.33. The minimum atomic E-state index is -0.0354. The van der Waals surface area contributed by atoms with Crippen molar-refractivity contribution in [2.24, 2.45) is 0 Å². The molecule has 0 unspecified atom stereocenters. The van der Waals surface area contributed by atoms with Crippen LogP contribution in [0.2, 0.25) is 0 Å². The van der Waals surface area contributed by atoms with E-state index in [1.54, 1.807) is 23.1 Å². The van der Waals surface area contributed by atoms with Crippen molar-refractivity contribution in [2.75, 3.05) is 11.4 Å². The Morgan fingerprint density at radius 3 is 2.59 bits per heavy atom. The quantitative estimate of drug-likeness (QED) is 0.346. The van der Waals surface area contributed by atoms with Gasteiger partial charge in [0.15, 0.2) is 12.3 Å². The molecule has 34 heavy (non-hydrogen) atoms. The Balaban J connectivity index is 1.38. The number of thiazole rings is 1. The number of aromatic nitrogens is 1. The summed E-state index contributed by atoms with van der Waals surface area (Å²) in [5.74, 6) is -0.0707. The van der Waals surface area contributed by atoms with E-state index >= 15 is 0 Å². The molecule has 3 aromatic rings. The highest BCUT2D eigenvalue weighted by Gasteiger charge is 2.40. The summed E-state index contributed by atoms with van der Waals surface area (Å²) < 4.78 is 3.54. The van der Waals surface area contributed by atoms with E-state index in [0.29, 0.717) is 11.1 Å². The Hall–Kier alpha value is -2.83. The van der Waals surface area contributed by atoms with E-state index in [1.165, 1.54) is 20.8 Å². The SMILES string of the molecule is O=C1C(C2=C3Sc4ccccc4N3CCCC2)=C([O-])/C1=C1/CCCC[n+]2c1sc1ccccc12. The summed E-state index contributed by atoms with van der Waals surface area (Å²) in [4.78, 5) is 17.2. The average Bonchev–Trinajstić information content (AvgIpc) is 3.26. The van der Waals surface area contributed by atoms with Crippen LogP contribution in [0.1, 0.15) is 43.5 Å². The highest BCUT2D eigenvalue weighted by atomic mass is 32.2. The lowest BCUT2D eigenvalue weighted by atomic mass is 9.79. The highest BCUT2D eigenvalue weighted by Crippen LogP contribution is 2.52. The average molecular weight is 485 g/mol. The molecule has 3 aliphatic heterocycles. The molecule has 170 valence electrons. The molecular formula is C28H24N2O2S2. The molecule has 0 bridgehead atoms. The number of anilines is 1. The van der Waals surface area contributed by atoms with Crippen molar-refractivity contribution in [2.45, 2.75) is 50.0 Å². The molecule has 0 spiro atoms. The number of carbonyl (C=O) groups is 1. The topological polar surface area (TPSA) is 47.3 Å². The van der Waals surface area contributed by atoms with Crippen LogP contribution in [0.15, 0.2) is 80.9 Å². The Bertz CT molecular complexity index is 1480. The summed E-state index contributed by atoms with van der Waals surface area (Å²) in [6, 6.07) is 16.8. The van der Waals surface area contributed by atoms with Crippen LogP contribution in [0.25, 0.3) is 15.8 Å². The lowest BCUT2D eigenvalue weighted by molar-refractivity contribution is -0.668. The second-order valence-corrected chi connectivity index (χ2v) is 11.4. The summed E-state index contributed by atoms with van der Waals surface area (Å²) in [6.07, 6.45) is 5.73. The number of rotatable bonds is 1. The number of para-hydroxylation sites is 2. The lowest BCUT2D eigenvalue weighted by Crippen LogP contribution is -2.37. The van der Waals surface area contributed by atoms with Crippen molar-refractivity contribution in [3.63, 3.8) is 0 Å². The minimum Gasteiger partial charge on any atom is -0.871 e. The zero-order valence-electron chi connectivity index (χ0n) is 18.8. The summed E-state index contributed by atoms with van der Waals surface area (Å²) in [7, 11) is 0. The van der Waals surface area contributed by atoms with Crippen molar-refractivity contribution in [3.05, 3.63) is 81.0 Å². The maximum atomic E-state index is 13.7. The van der Waals surface area contributed by atoms with Crippen molar-refractivity contribution in [1.29, 1.82) is 0 Å². The molecule has 0 radical (unpaired) electrons. The van der Waals surface area contributed by atoms with Crippen LogP contribution in [0.3, 0.4) is 0 Å². The zero-order valence-corrected chi connectivity index (χ0v) is 20.4. The van der Waals surface area contributed by atoms with E-state index < -0.39 is 0 Å². The fourth-order valence-electron chi connectivity index (χ4n) is 5.73. The van der Waals surface area contributed by atoms with Crippen LogP contribution in [0.4, 0.5) is 5.69 Å². The van der Waals surface area contributed by atoms with Crippen LogP contribution in [-0.2, 0) is 11.3 Å². The zero-order chi connectivity index (χ0) is 22.8. The molecule has 4 nitrogen and oxygen atoms in total.